The number of rotatable bonds is 8. The first kappa shape index (κ1) is 21.6. The van der Waals surface area contributed by atoms with Crippen molar-refractivity contribution in [1.82, 2.24) is 20.4 Å². The highest BCUT2D eigenvalue weighted by Gasteiger charge is 2.22. The van der Waals surface area contributed by atoms with Gasteiger partial charge in [0, 0.05) is 31.4 Å². The summed E-state index contributed by atoms with van der Waals surface area (Å²) in [5.74, 6) is 0.00839. The molecule has 2 fully saturated rings. The van der Waals surface area contributed by atoms with E-state index in [-0.39, 0.29) is 18.0 Å². The highest BCUT2D eigenvalue weighted by atomic mass is 16.2. The van der Waals surface area contributed by atoms with Gasteiger partial charge in [-0.25, -0.2) is 4.79 Å². The van der Waals surface area contributed by atoms with E-state index in [0.29, 0.717) is 6.54 Å². The van der Waals surface area contributed by atoms with Crippen molar-refractivity contribution in [3.8, 4) is 0 Å². The number of carbonyl (C=O) groups is 2. The Hall–Kier alpha value is -2.12. The molecule has 2 saturated heterocycles. The molecule has 3 amide bonds. The number of benzene rings is 1. The first-order valence-electron chi connectivity index (χ1n) is 11.0. The van der Waals surface area contributed by atoms with Gasteiger partial charge in [0.05, 0.1) is 6.54 Å². The molecule has 29 heavy (non-hydrogen) atoms. The Morgan fingerprint density at radius 2 is 1.66 bits per heavy atom. The number of piperidine rings is 2. The monoisotopic (exact) mass is 401 g/mol. The lowest BCUT2D eigenvalue weighted by molar-refractivity contribution is -0.117. The molecular formula is C22H35N5O2. The van der Waals surface area contributed by atoms with Crippen LogP contribution in [0.3, 0.4) is 0 Å². The predicted octanol–water partition coefficient (Wildman–Crippen LogP) is 2.26. The smallest absolute Gasteiger partial charge is 0.315 e. The number of para-hydroxylation sites is 1. The molecule has 3 rings (SSSR count). The van der Waals surface area contributed by atoms with Crippen LogP contribution in [0.4, 0.5) is 10.5 Å². The Kier molecular flexibility index (Phi) is 8.77. The average Bonchev–Trinajstić information content (AvgIpc) is 2.74. The summed E-state index contributed by atoms with van der Waals surface area (Å²) in [7, 11) is 0. The van der Waals surface area contributed by atoms with Gasteiger partial charge in [-0.2, -0.15) is 0 Å². The second-order valence-electron chi connectivity index (χ2n) is 8.12. The molecule has 7 nitrogen and oxygen atoms in total. The zero-order valence-corrected chi connectivity index (χ0v) is 17.4. The number of hydrogen-bond donors (Lipinski definition) is 3. The fourth-order valence-electron chi connectivity index (χ4n) is 4.08. The van der Waals surface area contributed by atoms with Crippen LogP contribution >= 0.6 is 0 Å². The van der Waals surface area contributed by atoms with E-state index in [0.717, 1.165) is 51.1 Å². The maximum absolute atomic E-state index is 12.2. The summed E-state index contributed by atoms with van der Waals surface area (Å²) in [5.41, 5.74) is 0.825. The molecule has 2 aliphatic heterocycles. The number of nitrogens with one attached hydrogen (secondary N) is 3. The third-order valence-corrected chi connectivity index (χ3v) is 5.73. The van der Waals surface area contributed by atoms with Crippen LogP contribution in [0.2, 0.25) is 0 Å². The van der Waals surface area contributed by atoms with Crippen LogP contribution in [0, 0.1) is 0 Å². The van der Waals surface area contributed by atoms with Crippen LogP contribution in [0.1, 0.15) is 38.5 Å². The summed E-state index contributed by atoms with van der Waals surface area (Å²) in [6.07, 6.45) is 6.72. The molecule has 0 spiro atoms. The van der Waals surface area contributed by atoms with Gasteiger partial charge < -0.3 is 20.9 Å². The summed E-state index contributed by atoms with van der Waals surface area (Å²) in [4.78, 5) is 28.9. The van der Waals surface area contributed by atoms with E-state index in [4.69, 9.17) is 0 Å². The lowest BCUT2D eigenvalue weighted by Gasteiger charge is -2.31. The van der Waals surface area contributed by atoms with E-state index >= 15 is 0 Å². The maximum Gasteiger partial charge on any atom is 0.315 e. The summed E-state index contributed by atoms with van der Waals surface area (Å²) >= 11 is 0. The van der Waals surface area contributed by atoms with E-state index in [1.807, 2.05) is 30.3 Å². The molecule has 2 aliphatic rings. The van der Waals surface area contributed by atoms with Crippen molar-refractivity contribution in [1.29, 1.82) is 0 Å². The third kappa shape index (κ3) is 8.03. The largest absolute Gasteiger partial charge is 0.338 e. The fourth-order valence-corrected chi connectivity index (χ4v) is 4.08. The SMILES string of the molecule is O=C(CN1CCC(NC(=O)NCCCN2CCCCC2)CC1)Nc1ccccc1. The van der Waals surface area contributed by atoms with Gasteiger partial charge in [0.25, 0.3) is 0 Å². The van der Waals surface area contributed by atoms with Gasteiger partial charge in [0.2, 0.25) is 5.91 Å². The summed E-state index contributed by atoms with van der Waals surface area (Å²) in [6.45, 7) is 6.24. The third-order valence-electron chi connectivity index (χ3n) is 5.73. The molecule has 7 heteroatoms. The van der Waals surface area contributed by atoms with Gasteiger partial charge in [-0.3, -0.25) is 9.69 Å². The van der Waals surface area contributed by atoms with Crippen molar-refractivity contribution < 1.29 is 9.59 Å². The summed E-state index contributed by atoms with van der Waals surface area (Å²) in [5, 5.41) is 8.99. The molecule has 0 bridgehead atoms. The van der Waals surface area contributed by atoms with Crippen LogP contribution in [0.5, 0.6) is 0 Å². The van der Waals surface area contributed by atoms with Crippen LogP contribution in [0.15, 0.2) is 30.3 Å². The Balaban J connectivity index is 1.24. The van der Waals surface area contributed by atoms with Crippen LogP contribution in [-0.2, 0) is 4.79 Å². The lowest BCUT2D eigenvalue weighted by Crippen LogP contribution is -2.49. The average molecular weight is 402 g/mol. The molecule has 1 aromatic carbocycles. The number of nitrogens with zero attached hydrogens (tertiary/aromatic N) is 2. The van der Waals surface area contributed by atoms with E-state index < -0.39 is 0 Å². The maximum atomic E-state index is 12.2. The van der Waals surface area contributed by atoms with Gasteiger partial charge in [0.15, 0.2) is 0 Å². The van der Waals surface area contributed by atoms with Crippen LogP contribution in [0.25, 0.3) is 0 Å². The van der Waals surface area contributed by atoms with Gasteiger partial charge in [0.1, 0.15) is 0 Å². The Bertz CT molecular complexity index is 625. The second-order valence-corrected chi connectivity index (χ2v) is 8.12. The van der Waals surface area contributed by atoms with Crippen molar-refractivity contribution >= 4 is 17.6 Å². The van der Waals surface area contributed by atoms with Crippen molar-refractivity contribution in [2.24, 2.45) is 0 Å². The van der Waals surface area contributed by atoms with Gasteiger partial charge in [-0.1, -0.05) is 24.6 Å². The van der Waals surface area contributed by atoms with E-state index in [1.54, 1.807) is 0 Å². The predicted molar refractivity (Wildman–Crippen MR) is 116 cm³/mol. The van der Waals surface area contributed by atoms with Gasteiger partial charge in [-0.05, 0) is 63.9 Å². The highest BCUT2D eigenvalue weighted by molar-refractivity contribution is 5.92. The van der Waals surface area contributed by atoms with Crippen molar-refractivity contribution in [3.05, 3.63) is 30.3 Å². The molecular weight excluding hydrogens is 366 g/mol. The molecule has 0 saturated carbocycles. The van der Waals surface area contributed by atoms with Crippen LogP contribution < -0.4 is 16.0 Å². The number of amides is 3. The first-order valence-corrected chi connectivity index (χ1v) is 11.0. The summed E-state index contributed by atoms with van der Waals surface area (Å²) in [6, 6.07) is 9.64. The Morgan fingerprint density at radius 1 is 0.931 bits per heavy atom. The zero-order chi connectivity index (χ0) is 20.3. The lowest BCUT2D eigenvalue weighted by atomic mass is 10.1. The highest BCUT2D eigenvalue weighted by Crippen LogP contribution is 2.11. The molecule has 0 aromatic heterocycles. The Morgan fingerprint density at radius 3 is 2.38 bits per heavy atom. The number of carbonyl (C=O) groups excluding carboxylic acids is 2. The zero-order valence-electron chi connectivity index (χ0n) is 17.4. The van der Waals surface area contributed by atoms with E-state index in [2.05, 4.69) is 25.8 Å². The standard InChI is InChI=1S/C22H35N5O2/c28-21(24-19-8-3-1-4-9-19)18-27-16-10-20(11-17-27)25-22(29)23-12-7-15-26-13-5-2-6-14-26/h1,3-4,8-9,20H,2,5-7,10-18H2,(H,24,28)(H2,23,25,29). The van der Waals surface area contributed by atoms with Crippen LogP contribution in [-0.4, -0.2) is 73.6 Å². The summed E-state index contributed by atoms with van der Waals surface area (Å²) < 4.78 is 0. The minimum atomic E-state index is -0.0658. The molecule has 3 N–H and O–H groups in total. The topological polar surface area (TPSA) is 76.7 Å². The molecule has 0 unspecified atom stereocenters. The Labute approximate surface area is 174 Å². The molecule has 0 aliphatic carbocycles. The normalized spacial score (nSPS) is 18.9. The minimum absolute atomic E-state index is 0.00839. The molecule has 1 aromatic rings. The van der Waals surface area contributed by atoms with E-state index in [1.165, 1.54) is 32.4 Å². The molecule has 0 radical (unpaired) electrons. The number of likely N-dealkylation sites (tertiary alicyclic amines) is 2. The first-order chi connectivity index (χ1) is 14.2. The van der Waals surface area contributed by atoms with Crippen molar-refractivity contribution in [2.45, 2.75) is 44.6 Å². The fraction of sp³-hybridized carbons (Fsp3) is 0.636. The number of anilines is 1. The quantitative estimate of drug-likeness (QED) is 0.584. The number of hydrogen-bond acceptors (Lipinski definition) is 4. The molecule has 160 valence electrons. The van der Waals surface area contributed by atoms with Crippen molar-refractivity contribution in [2.75, 3.05) is 51.1 Å². The van der Waals surface area contributed by atoms with Gasteiger partial charge >= 0.3 is 6.03 Å². The second kappa shape index (κ2) is 11.8. The van der Waals surface area contributed by atoms with Crippen molar-refractivity contribution in [3.63, 3.8) is 0 Å². The molecule has 0 atom stereocenters. The minimum Gasteiger partial charge on any atom is -0.338 e. The molecule has 2 heterocycles. The van der Waals surface area contributed by atoms with Gasteiger partial charge in [-0.15, -0.1) is 0 Å². The number of urea groups is 1. The van der Waals surface area contributed by atoms with E-state index in [9.17, 15) is 9.59 Å².